The highest BCUT2D eigenvalue weighted by Crippen LogP contribution is 2.32. The first-order chi connectivity index (χ1) is 15.1. The van der Waals surface area contributed by atoms with Crippen molar-refractivity contribution in [2.75, 3.05) is 30.8 Å². The van der Waals surface area contributed by atoms with E-state index in [1.807, 2.05) is 0 Å². The number of nitrogens with one attached hydrogen (secondary N) is 3. The van der Waals surface area contributed by atoms with Crippen LogP contribution in [0.3, 0.4) is 0 Å². The molecular formula is C19H23N5O5S2. The lowest BCUT2D eigenvalue weighted by atomic mass is 10.0. The van der Waals surface area contributed by atoms with Gasteiger partial charge in [0.25, 0.3) is 0 Å². The van der Waals surface area contributed by atoms with E-state index in [-0.39, 0.29) is 12.7 Å². The van der Waals surface area contributed by atoms with Crippen LogP contribution in [-0.4, -0.2) is 53.8 Å². The van der Waals surface area contributed by atoms with Crippen LogP contribution in [0.15, 0.2) is 38.4 Å². The maximum Gasteiger partial charge on any atom is 0.338 e. The summed E-state index contributed by atoms with van der Waals surface area (Å²) in [6, 6.07) is 2.27. The second-order valence-electron chi connectivity index (χ2n) is 6.84. The van der Waals surface area contributed by atoms with Gasteiger partial charge in [-0.2, -0.15) is 0 Å². The number of urea groups is 1. The van der Waals surface area contributed by atoms with Crippen LogP contribution in [0.1, 0.15) is 31.6 Å². The van der Waals surface area contributed by atoms with Crippen LogP contribution in [-0.2, 0) is 14.3 Å². The first kappa shape index (κ1) is 21.7. The SMILES string of the molecule is CCOC(=O)C1=C(CSc2nnc(NC[C@@H]3CCCO3)s2)NC(=O)N[C@H]1c1ccco1. The van der Waals surface area contributed by atoms with Crippen LogP contribution in [0.5, 0.6) is 0 Å². The highest BCUT2D eigenvalue weighted by molar-refractivity contribution is 8.01. The lowest BCUT2D eigenvalue weighted by Gasteiger charge is -2.27. The predicted octanol–water partition coefficient (Wildman–Crippen LogP) is 2.69. The third-order valence-corrected chi connectivity index (χ3v) is 6.77. The summed E-state index contributed by atoms with van der Waals surface area (Å²) >= 11 is 2.79. The number of aromatic nitrogens is 2. The normalized spacial score (nSPS) is 21.0. The standard InChI is InChI=1S/C19H23N5O5S2/c1-2-27-16(25)14-12(21-17(26)22-15(14)13-6-4-8-29-13)10-30-19-24-23-18(31-19)20-9-11-5-3-7-28-11/h4,6,8,11,15H,2-3,5,7,9-10H2,1H3,(H,20,23)(H2,21,22,26)/t11-,15-/m0/s1. The molecular weight excluding hydrogens is 442 g/mol. The number of esters is 1. The van der Waals surface area contributed by atoms with Crippen molar-refractivity contribution in [3.05, 3.63) is 35.4 Å². The summed E-state index contributed by atoms with van der Waals surface area (Å²) in [5, 5.41) is 17.7. The molecule has 2 aliphatic rings. The molecule has 0 bridgehead atoms. The molecule has 166 valence electrons. The Morgan fingerprint density at radius 1 is 1.45 bits per heavy atom. The zero-order chi connectivity index (χ0) is 21.6. The second kappa shape index (κ2) is 10.2. The summed E-state index contributed by atoms with van der Waals surface area (Å²) < 4.78 is 17.0. The fourth-order valence-electron chi connectivity index (χ4n) is 3.33. The van der Waals surface area contributed by atoms with Gasteiger partial charge in [-0.3, -0.25) is 0 Å². The Morgan fingerprint density at radius 2 is 2.35 bits per heavy atom. The number of rotatable bonds is 9. The summed E-state index contributed by atoms with van der Waals surface area (Å²) in [6.45, 7) is 3.46. The van der Waals surface area contributed by atoms with Gasteiger partial charge in [0.2, 0.25) is 5.13 Å². The van der Waals surface area contributed by atoms with Gasteiger partial charge in [-0.05, 0) is 31.9 Å². The molecule has 2 aliphatic heterocycles. The first-order valence-corrected chi connectivity index (χ1v) is 11.8. The fourth-order valence-corrected chi connectivity index (χ4v) is 5.06. The van der Waals surface area contributed by atoms with Crippen molar-refractivity contribution < 1.29 is 23.5 Å². The van der Waals surface area contributed by atoms with E-state index in [1.165, 1.54) is 29.4 Å². The number of nitrogens with zero attached hydrogens (tertiary/aromatic N) is 2. The van der Waals surface area contributed by atoms with Crippen molar-refractivity contribution >= 4 is 40.2 Å². The highest BCUT2D eigenvalue weighted by atomic mass is 32.2. The molecule has 12 heteroatoms. The molecule has 2 amide bonds. The van der Waals surface area contributed by atoms with Crippen molar-refractivity contribution in [1.82, 2.24) is 20.8 Å². The van der Waals surface area contributed by atoms with Gasteiger partial charge < -0.3 is 29.8 Å². The number of ether oxygens (including phenoxy) is 2. The average molecular weight is 466 g/mol. The Balaban J connectivity index is 1.47. The Hall–Kier alpha value is -2.57. The van der Waals surface area contributed by atoms with Crippen LogP contribution < -0.4 is 16.0 Å². The molecule has 0 saturated carbocycles. The van der Waals surface area contributed by atoms with E-state index in [9.17, 15) is 9.59 Å². The molecule has 0 unspecified atom stereocenters. The van der Waals surface area contributed by atoms with Crippen molar-refractivity contribution in [1.29, 1.82) is 0 Å². The maximum absolute atomic E-state index is 12.7. The molecule has 2 atom stereocenters. The van der Waals surface area contributed by atoms with Crippen molar-refractivity contribution in [3.63, 3.8) is 0 Å². The minimum atomic E-state index is -0.726. The molecule has 1 saturated heterocycles. The topological polar surface area (TPSA) is 128 Å². The molecule has 0 aliphatic carbocycles. The monoisotopic (exact) mass is 465 g/mol. The van der Waals surface area contributed by atoms with Gasteiger partial charge in [-0.1, -0.05) is 23.1 Å². The minimum Gasteiger partial charge on any atom is -0.467 e. The third-order valence-electron chi connectivity index (χ3n) is 4.73. The minimum absolute atomic E-state index is 0.209. The summed E-state index contributed by atoms with van der Waals surface area (Å²) in [5.41, 5.74) is 0.766. The van der Waals surface area contributed by atoms with Gasteiger partial charge in [0.1, 0.15) is 11.8 Å². The van der Waals surface area contributed by atoms with Gasteiger partial charge in [0.15, 0.2) is 4.34 Å². The Kier molecular flexibility index (Phi) is 7.10. The van der Waals surface area contributed by atoms with E-state index in [1.54, 1.807) is 19.1 Å². The van der Waals surface area contributed by atoms with Gasteiger partial charge in [0, 0.05) is 24.6 Å². The van der Waals surface area contributed by atoms with Crippen LogP contribution in [0.2, 0.25) is 0 Å². The van der Waals surface area contributed by atoms with Crippen LogP contribution in [0.25, 0.3) is 0 Å². The lowest BCUT2D eigenvalue weighted by Crippen LogP contribution is -2.46. The van der Waals surface area contributed by atoms with Gasteiger partial charge in [-0.15, -0.1) is 10.2 Å². The zero-order valence-corrected chi connectivity index (χ0v) is 18.5. The molecule has 1 fully saturated rings. The summed E-state index contributed by atoms with van der Waals surface area (Å²) in [4.78, 5) is 24.9. The van der Waals surface area contributed by atoms with E-state index in [0.29, 0.717) is 38.8 Å². The number of anilines is 1. The van der Waals surface area contributed by atoms with Gasteiger partial charge >= 0.3 is 12.0 Å². The van der Waals surface area contributed by atoms with E-state index in [2.05, 4.69) is 26.1 Å². The smallest absolute Gasteiger partial charge is 0.338 e. The summed E-state index contributed by atoms with van der Waals surface area (Å²) in [5.74, 6) is 0.263. The largest absolute Gasteiger partial charge is 0.467 e. The number of carbonyl (C=O) groups is 2. The number of hydrogen-bond acceptors (Lipinski definition) is 10. The quantitative estimate of drug-likeness (QED) is 0.378. The van der Waals surface area contributed by atoms with Crippen LogP contribution >= 0.6 is 23.1 Å². The van der Waals surface area contributed by atoms with Crippen molar-refractivity contribution in [3.8, 4) is 0 Å². The van der Waals surface area contributed by atoms with E-state index in [0.717, 1.165) is 19.4 Å². The molecule has 0 spiro atoms. The van der Waals surface area contributed by atoms with Gasteiger partial charge in [-0.25, -0.2) is 9.59 Å². The Morgan fingerprint density at radius 3 is 3.10 bits per heavy atom. The number of thioether (sulfide) groups is 1. The van der Waals surface area contributed by atoms with Crippen LogP contribution in [0.4, 0.5) is 9.93 Å². The molecule has 0 radical (unpaired) electrons. The first-order valence-electron chi connectivity index (χ1n) is 9.97. The van der Waals surface area contributed by atoms with E-state index in [4.69, 9.17) is 13.9 Å². The number of hydrogen-bond donors (Lipinski definition) is 3. The number of furan rings is 1. The molecule has 0 aromatic carbocycles. The molecule has 4 heterocycles. The highest BCUT2D eigenvalue weighted by Gasteiger charge is 2.35. The van der Waals surface area contributed by atoms with Gasteiger partial charge in [0.05, 0.1) is 24.5 Å². The lowest BCUT2D eigenvalue weighted by molar-refractivity contribution is -0.139. The molecule has 2 aromatic rings. The Bertz CT molecular complexity index is 939. The van der Waals surface area contributed by atoms with E-state index >= 15 is 0 Å². The third kappa shape index (κ3) is 5.38. The number of amides is 2. The van der Waals surface area contributed by atoms with Crippen molar-refractivity contribution in [2.24, 2.45) is 0 Å². The summed E-state index contributed by atoms with van der Waals surface area (Å²) in [7, 11) is 0. The molecule has 3 N–H and O–H groups in total. The fraction of sp³-hybridized carbons (Fsp3) is 0.474. The molecule has 4 rings (SSSR count). The zero-order valence-electron chi connectivity index (χ0n) is 16.9. The predicted molar refractivity (Wildman–Crippen MR) is 115 cm³/mol. The van der Waals surface area contributed by atoms with E-state index < -0.39 is 18.0 Å². The maximum atomic E-state index is 12.7. The van der Waals surface area contributed by atoms with Crippen LogP contribution in [0, 0.1) is 0 Å². The molecule has 2 aromatic heterocycles. The molecule has 10 nitrogen and oxygen atoms in total. The summed E-state index contributed by atoms with van der Waals surface area (Å²) in [6.07, 6.45) is 3.83. The molecule has 31 heavy (non-hydrogen) atoms. The van der Waals surface area contributed by atoms with Crippen molar-refractivity contribution in [2.45, 2.75) is 36.3 Å². The average Bonchev–Trinajstić information content (AvgIpc) is 3.53. The Labute approximate surface area is 187 Å². The number of carbonyl (C=O) groups excluding carboxylic acids is 2. The second-order valence-corrected chi connectivity index (χ2v) is 9.04.